The maximum Gasteiger partial charge on any atom is 0.0509 e. The van der Waals surface area contributed by atoms with Crippen LogP contribution in [0.25, 0.3) is 0 Å². The van der Waals surface area contributed by atoms with Crippen molar-refractivity contribution in [3.8, 4) is 0 Å². The normalized spacial score (nSPS) is 37.9. The highest BCUT2D eigenvalue weighted by molar-refractivity contribution is 8.00. The van der Waals surface area contributed by atoms with Crippen LogP contribution in [0.5, 0.6) is 0 Å². The summed E-state index contributed by atoms with van der Waals surface area (Å²) in [4.78, 5) is 2.62. The molecule has 4 unspecified atom stereocenters. The monoisotopic (exact) mass is 258 g/mol. The summed E-state index contributed by atoms with van der Waals surface area (Å²) < 4.78 is 5.62. The third kappa shape index (κ3) is 3.60. The molecule has 2 fully saturated rings. The Morgan fingerprint density at radius 2 is 2.06 bits per heavy atom. The zero-order valence-electron chi connectivity index (χ0n) is 11.1. The van der Waals surface area contributed by atoms with E-state index in [2.05, 4.69) is 30.5 Å². The van der Waals surface area contributed by atoms with Crippen molar-refractivity contribution >= 4 is 11.8 Å². The molecule has 0 aromatic carbocycles. The van der Waals surface area contributed by atoms with Crippen LogP contribution in [-0.2, 0) is 4.74 Å². The summed E-state index contributed by atoms with van der Waals surface area (Å²) in [6.45, 7) is 9.67. The van der Waals surface area contributed by atoms with Crippen molar-refractivity contribution < 1.29 is 4.74 Å². The average Bonchev–Trinajstić information content (AvgIpc) is 2.30. The average molecular weight is 258 g/mol. The molecule has 0 spiro atoms. The minimum atomic E-state index is 0.529. The van der Waals surface area contributed by atoms with Gasteiger partial charge in [0.05, 0.1) is 6.61 Å². The molecule has 0 aliphatic carbocycles. The standard InChI is InChI=1S/C13H26N2OS/c1-10-7-15(8-11(2)17-10)13(6-14)12-4-3-5-16-9-12/h10-13H,3-9,14H2,1-2H3. The molecular formula is C13H26N2OS. The van der Waals surface area contributed by atoms with Crippen LogP contribution in [-0.4, -0.2) is 54.3 Å². The second-order valence-electron chi connectivity index (χ2n) is 5.49. The molecule has 3 nitrogen and oxygen atoms in total. The molecule has 0 bridgehead atoms. The first-order valence-corrected chi connectivity index (χ1v) is 7.82. The first kappa shape index (κ1) is 13.7. The van der Waals surface area contributed by atoms with E-state index in [0.29, 0.717) is 12.0 Å². The van der Waals surface area contributed by atoms with Gasteiger partial charge in [-0.3, -0.25) is 4.90 Å². The van der Waals surface area contributed by atoms with Crippen LogP contribution in [0.2, 0.25) is 0 Å². The Balaban J connectivity index is 1.96. The van der Waals surface area contributed by atoms with Gasteiger partial charge in [-0.1, -0.05) is 13.8 Å². The quantitative estimate of drug-likeness (QED) is 0.834. The second-order valence-corrected chi connectivity index (χ2v) is 7.37. The van der Waals surface area contributed by atoms with Crippen molar-refractivity contribution in [2.45, 2.75) is 43.2 Å². The lowest BCUT2D eigenvalue weighted by atomic mass is 9.92. The number of ether oxygens (including phenoxy) is 1. The Morgan fingerprint density at radius 1 is 1.35 bits per heavy atom. The van der Waals surface area contributed by atoms with Crippen molar-refractivity contribution in [2.24, 2.45) is 11.7 Å². The molecule has 0 aromatic heterocycles. The minimum Gasteiger partial charge on any atom is -0.381 e. The predicted molar refractivity (Wildman–Crippen MR) is 74.5 cm³/mol. The highest BCUT2D eigenvalue weighted by Gasteiger charge is 2.32. The Morgan fingerprint density at radius 3 is 2.59 bits per heavy atom. The summed E-state index contributed by atoms with van der Waals surface area (Å²) >= 11 is 2.11. The predicted octanol–water partition coefficient (Wildman–Crippen LogP) is 1.57. The minimum absolute atomic E-state index is 0.529. The number of nitrogens with two attached hydrogens (primary N) is 1. The number of rotatable bonds is 3. The molecule has 0 aromatic rings. The molecule has 0 amide bonds. The maximum absolute atomic E-state index is 6.02. The maximum atomic E-state index is 6.02. The third-order valence-electron chi connectivity index (χ3n) is 3.90. The molecule has 2 aliphatic heterocycles. The molecule has 100 valence electrons. The highest BCUT2D eigenvalue weighted by Crippen LogP contribution is 2.29. The Hall–Kier alpha value is 0.230. The first-order valence-electron chi connectivity index (χ1n) is 6.88. The van der Waals surface area contributed by atoms with Gasteiger partial charge in [0.15, 0.2) is 0 Å². The van der Waals surface area contributed by atoms with E-state index < -0.39 is 0 Å². The Bertz CT molecular complexity index is 223. The molecule has 2 aliphatic rings. The van der Waals surface area contributed by atoms with Gasteiger partial charge in [0.25, 0.3) is 0 Å². The number of hydrogen-bond donors (Lipinski definition) is 1. The zero-order valence-corrected chi connectivity index (χ0v) is 11.9. The van der Waals surface area contributed by atoms with E-state index in [-0.39, 0.29) is 0 Å². The van der Waals surface area contributed by atoms with Gasteiger partial charge in [0, 0.05) is 42.8 Å². The number of hydrogen-bond acceptors (Lipinski definition) is 4. The summed E-state index contributed by atoms with van der Waals surface area (Å²) in [5, 5.41) is 1.47. The topological polar surface area (TPSA) is 38.5 Å². The zero-order chi connectivity index (χ0) is 12.3. The lowest BCUT2D eigenvalue weighted by Gasteiger charge is -2.43. The van der Waals surface area contributed by atoms with Crippen molar-refractivity contribution in [1.29, 1.82) is 0 Å². The van der Waals surface area contributed by atoms with Crippen LogP contribution in [0.1, 0.15) is 26.7 Å². The van der Waals surface area contributed by atoms with Gasteiger partial charge in [0.2, 0.25) is 0 Å². The van der Waals surface area contributed by atoms with Crippen LogP contribution in [0.4, 0.5) is 0 Å². The molecule has 2 heterocycles. The second kappa shape index (κ2) is 6.41. The van der Waals surface area contributed by atoms with E-state index in [1.807, 2.05) is 0 Å². The van der Waals surface area contributed by atoms with Crippen LogP contribution in [0.3, 0.4) is 0 Å². The van der Waals surface area contributed by atoms with E-state index >= 15 is 0 Å². The fourth-order valence-corrected chi connectivity index (χ4v) is 4.55. The van der Waals surface area contributed by atoms with Crippen LogP contribution < -0.4 is 5.73 Å². The Labute approximate surface area is 109 Å². The van der Waals surface area contributed by atoms with Crippen molar-refractivity contribution in [3.63, 3.8) is 0 Å². The fourth-order valence-electron chi connectivity index (χ4n) is 3.20. The molecule has 17 heavy (non-hydrogen) atoms. The van der Waals surface area contributed by atoms with Gasteiger partial charge in [0.1, 0.15) is 0 Å². The van der Waals surface area contributed by atoms with Crippen LogP contribution in [0, 0.1) is 5.92 Å². The molecule has 0 radical (unpaired) electrons. The number of thioether (sulfide) groups is 1. The van der Waals surface area contributed by atoms with E-state index in [1.165, 1.54) is 25.9 Å². The molecule has 4 atom stereocenters. The number of nitrogens with zero attached hydrogens (tertiary/aromatic N) is 1. The molecule has 2 rings (SSSR count). The van der Waals surface area contributed by atoms with E-state index in [1.54, 1.807) is 0 Å². The molecule has 2 N–H and O–H groups in total. The first-order chi connectivity index (χ1) is 8.20. The van der Waals surface area contributed by atoms with E-state index in [4.69, 9.17) is 10.5 Å². The van der Waals surface area contributed by atoms with Crippen molar-refractivity contribution in [2.75, 3.05) is 32.8 Å². The third-order valence-corrected chi connectivity index (χ3v) is 5.13. The van der Waals surface area contributed by atoms with E-state index in [0.717, 1.165) is 30.3 Å². The van der Waals surface area contributed by atoms with Gasteiger partial charge in [-0.05, 0) is 18.8 Å². The smallest absolute Gasteiger partial charge is 0.0509 e. The van der Waals surface area contributed by atoms with E-state index in [9.17, 15) is 0 Å². The van der Waals surface area contributed by atoms with Crippen LogP contribution >= 0.6 is 11.8 Å². The van der Waals surface area contributed by atoms with Gasteiger partial charge < -0.3 is 10.5 Å². The van der Waals surface area contributed by atoms with Crippen LogP contribution in [0.15, 0.2) is 0 Å². The molecular weight excluding hydrogens is 232 g/mol. The summed E-state index contributed by atoms with van der Waals surface area (Å²) in [6.07, 6.45) is 2.49. The highest BCUT2D eigenvalue weighted by atomic mass is 32.2. The van der Waals surface area contributed by atoms with Gasteiger partial charge in [-0.25, -0.2) is 0 Å². The SMILES string of the molecule is CC1CN(C(CN)C2CCCOC2)CC(C)S1. The van der Waals surface area contributed by atoms with Crippen molar-refractivity contribution in [1.82, 2.24) is 4.90 Å². The fraction of sp³-hybridized carbons (Fsp3) is 1.00. The Kier molecular flexibility index (Phi) is 5.15. The summed E-state index contributed by atoms with van der Waals surface area (Å²) in [5.74, 6) is 0.649. The molecule has 4 heteroatoms. The summed E-state index contributed by atoms with van der Waals surface area (Å²) in [5.41, 5.74) is 6.02. The summed E-state index contributed by atoms with van der Waals surface area (Å²) in [6, 6.07) is 0.529. The van der Waals surface area contributed by atoms with Gasteiger partial charge in [-0.2, -0.15) is 11.8 Å². The van der Waals surface area contributed by atoms with Crippen molar-refractivity contribution in [3.05, 3.63) is 0 Å². The largest absolute Gasteiger partial charge is 0.381 e. The molecule has 2 saturated heterocycles. The van der Waals surface area contributed by atoms with Gasteiger partial charge in [-0.15, -0.1) is 0 Å². The van der Waals surface area contributed by atoms with Gasteiger partial charge >= 0.3 is 0 Å². The lowest BCUT2D eigenvalue weighted by molar-refractivity contribution is 0.0108. The molecule has 0 saturated carbocycles. The summed E-state index contributed by atoms with van der Waals surface area (Å²) in [7, 11) is 0. The lowest BCUT2D eigenvalue weighted by Crippen LogP contribution is -2.53.